The van der Waals surface area contributed by atoms with Crippen molar-refractivity contribution < 1.29 is 9.47 Å². The van der Waals surface area contributed by atoms with E-state index in [4.69, 9.17) is 15.2 Å². The lowest BCUT2D eigenvalue weighted by molar-refractivity contribution is 0.297. The molecular weight excluding hydrogens is 429 g/mol. The van der Waals surface area contributed by atoms with Crippen LogP contribution in [0.1, 0.15) is 17.5 Å². The van der Waals surface area contributed by atoms with E-state index in [0.29, 0.717) is 25.7 Å². The van der Waals surface area contributed by atoms with E-state index in [1.807, 2.05) is 18.2 Å². The summed E-state index contributed by atoms with van der Waals surface area (Å²) in [6.07, 6.45) is 1.75. The highest BCUT2D eigenvalue weighted by atomic mass is 127. The topological polar surface area (TPSA) is 68.9 Å². The molecule has 0 aromatic heterocycles. The maximum atomic E-state index is 5.97. The molecule has 1 heterocycles. The summed E-state index contributed by atoms with van der Waals surface area (Å²) in [5.41, 5.74) is 9.33. The van der Waals surface area contributed by atoms with Gasteiger partial charge in [0.05, 0.1) is 13.2 Å². The van der Waals surface area contributed by atoms with E-state index < -0.39 is 0 Å². The zero-order valence-electron chi connectivity index (χ0n) is 14.3. The summed E-state index contributed by atoms with van der Waals surface area (Å²) in [6.45, 7) is 4.07. The molecule has 0 spiro atoms. The predicted octanol–water partition coefficient (Wildman–Crippen LogP) is 3.74. The lowest BCUT2D eigenvalue weighted by Crippen LogP contribution is -2.23. The Bertz CT molecular complexity index is 717. The van der Waals surface area contributed by atoms with Crippen molar-refractivity contribution in [1.29, 1.82) is 0 Å². The zero-order valence-corrected chi connectivity index (χ0v) is 16.7. The fourth-order valence-electron chi connectivity index (χ4n) is 2.49. The van der Waals surface area contributed by atoms with Crippen molar-refractivity contribution in [3.8, 4) is 11.5 Å². The molecule has 0 saturated heterocycles. The van der Waals surface area contributed by atoms with Gasteiger partial charge in [0.1, 0.15) is 0 Å². The third kappa shape index (κ3) is 5.81. The summed E-state index contributed by atoms with van der Waals surface area (Å²) in [7, 11) is 0. The molecule has 0 fully saturated rings. The molecule has 25 heavy (non-hydrogen) atoms. The van der Waals surface area contributed by atoms with E-state index in [-0.39, 0.29) is 24.0 Å². The van der Waals surface area contributed by atoms with Gasteiger partial charge in [0.15, 0.2) is 17.5 Å². The first kappa shape index (κ1) is 19.4. The molecule has 2 aromatic rings. The largest absolute Gasteiger partial charge is 0.490 e. The van der Waals surface area contributed by atoms with Gasteiger partial charge >= 0.3 is 0 Å². The third-order valence-corrected chi connectivity index (χ3v) is 3.82. The number of aliphatic imine (C=N–C) groups is 1. The van der Waals surface area contributed by atoms with Crippen molar-refractivity contribution in [3.05, 3.63) is 53.6 Å². The van der Waals surface area contributed by atoms with Gasteiger partial charge < -0.3 is 20.5 Å². The van der Waals surface area contributed by atoms with Crippen LogP contribution in [0.25, 0.3) is 0 Å². The summed E-state index contributed by atoms with van der Waals surface area (Å²) < 4.78 is 11.3. The van der Waals surface area contributed by atoms with Crippen LogP contribution in [-0.2, 0) is 6.42 Å². The zero-order chi connectivity index (χ0) is 16.8. The number of halogens is 1. The summed E-state index contributed by atoms with van der Waals surface area (Å²) in [4.78, 5) is 4.38. The molecule has 0 saturated carbocycles. The first-order chi connectivity index (χ1) is 11.7. The minimum atomic E-state index is 0. The molecule has 3 N–H and O–H groups in total. The molecule has 134 valence electrons. The molecule has 2 aromatic carbocycles. The number of hydrogen-bond acceptors (Lipinski definition) is 3. The highest BCUT2D eigenvalue weighted by molar-refractivity contribution is 14.0. The van der Waals surface area contributed by atoms with Crippen molar-refractivity contribution in [3.63, 3.8) is 0 Å². The Labute approximate surface area is 165 Å². The van der Waals surface area contributed by atoms with Crippen LogP contribution in [-0.4, -0.2) is 25.7 Å². The first-order valence-corrected chi connectivity index (χ1v) is 8.23. The summed E-state index contributed by atoms with van der Waals surface area (Å²) in [6, 6.07) is 14.2. The van der Waals surface area contributed by atoms with E-state index in [2.05, 4.69) is 41.5 Å². The van der Waals surface area contributed by atoms with Crippen LogP contribution in [0, 0.1) is 6.92 Å². The maximum Gasteiger partial charge on any atom is 0.193 e. The Morgan fingerprint density at radius 2 is 1.80 bits per heavy atom. The monoisotopic (exact) mass is 453 g/mol. The number of guanidine groups is 1. The smallest absolute Gasteiger partial charge is 0.193 e. The molecule has 0 unspecified atom stereocenters. The van der Waals surface area contributed by atoms with Crippen LogP contribution in [0.2, 0.25) is 0 Å². The Balaban J connectivity index is 0.00000225. The van der Waals surface area contributed by atoms with E-state index in [1.54, 1.807) is 0 Å². The lowest BCUT2D eigenvalue weighted by atomic mass is 10.1. The van der Waals surface area contributed by atoms with E-state index in [0.717, 1.165) is 30.0 Å². The van der Waals surface area contributed by atoms with Crippen molar-refractivity contribution in [2.45, 2.75) is 19.8 Å². The second-order valence-corrected chi connectivity index (χ2v) is 5.84. The van der Waals surface area contributed by atoms with Crippen LogP contribution in [0.5, 0.6) is 11.5 Å². The van der Waals surface area contributed by atoms with Crippen LogP contribution < -0.4 is 20.5 Å². The normalized spacial score (nSPS) is 13.6. The van der Waals surface area contributed by atoms with Crippen LogP contribution in [0.4, 0.5) is 5.69 Å². The molecule has 0 amide bonds. The molecule has 1 aliphatic rings. The first-order valence-electron chi connectivity index (χ1n) is 8.23. The highest BCUT2D eigenvalue weighted by Crippen LogP contribution is 2.32. The minimum absolute atomic E-state index is 0. The van der Waals surface area contributed by atoms with Gasteiger partial charge in [-0.2, -0.15) is 0 Å². The standard InChI is InChI=1S/C19H23N3O2.HI/c1-14-3-5-15(6-4-14)9-10-21-19(20)22-16-7-8-17-18(13-16)24-12-2-11-23-17;/h3-8,13H,2,9-12H2,1H3,(H3,20,21,22);1H. The second kappa shape index (κ2) is 9.50. The molecule has 0 atom stereocenters. The molecule has 5 nitrogen and oxygen atoms in total. The number of anilines is 1. The predicted molar refractivity (Wildman–Crippen MR) is 112 cm³/mol. The van der Waals surface area contributed by atoms with Crippen LogP contribution >= 0.6 is 24.0 Å². The number of ether oxygens (including phenoxy) is 2. The number of hydrogen-bond donors (Lipinski definition) is 2. The van der Waals surface area contributed by atoms with E-state index >= 15 is 0 Å². The van der Waals surface area contributed by atoms with Gasteiger partial charge in [-0.3, -0.25) is 4.99 Å². The van der Waals surface area contributed by atoms with Crippen molar-refractivity contribution in [2.24, 2.45) is 10.7 Å². The molecule has 0 bridgehead atoms. The van der Waals surface area contributed by atoms with Gasteiger partial charge in [-0.25, -0.2) is 0 Å². The second-order valence-electron chi connectivity index (χ2n) is 5.84. The molecule has 0 radical (unpaired) electrons. The van der Waals surface area contributed by atoms with Gasteiger partial charge in [0.2, 0.25) is 0 Å². The Morgan fingerprint density at radius 3 is 2.56 bits per heavy atom. The van der Waals surface area contributed by atoms with E-state index in [1.165, 1.54) is 11.1 Å². The SMILES string of the molecule is Cc1ccc(CCN=C(N)Nc2ccc3c(c2)OCCCO3)cc1.I. The number of aryl methyl sites for hydroxylation is 1. The van der Waals surface area contributed by atoms with Crippen molar-refractivity contribution in [1.82, 2.24) is 0 Å². The average Bonchev–Trinajstić information content (AvgIpc) is 2.81. The summed E-state index contributed by atoms with van der Waals surface area (Å²) in [5.74, 6) is 1.91. The molecule has 3 rings (SSSR count). The number of nitrogens with zero attached hydrogens (tertiary/aromatic N) is 1. The number of benzene rings is 2. The average molecular weight is 453 g/mol. The summed E-state index contributed by atoms with van der Waals surface area (Å²) >= 11 is 0. The lowest BCUT2D eigenvalue weighted by Gasteiger charge is -2.10. The number of nitrogens with one attached hydrogen (secondary N) is 1. The van der Waals surface area contributed by atoms with Gasteiger partial charge in [-0.15, -0.1) is 24.0 Å². The fourth-order valence-corrected chi connectivity index (χ4v) is 2.49. The maximum absolute atomic E-state index is 5.97. The molecule has 1 aliphatic heterocycles. The number of nitrogens with two attached hydrogens (primary N) is 1. The summed E-state index contributed by atoms with van der Waals surface area (Å²) in [5, 5.41) is 3.10. The third-order valence-electron chi connectivity index (χ3n) is 3.82. The van der Waals surface area contributed by atoms with E-state index in [9.17, 15) is 0 Å². The Kier molecular flexibility index (Phi) is 7.36. The fraction of sp³-hybridized carbons (Fsp3) is 0.316. The quantitative estimate of drug-likeness (QED) is 0.421. The van der Waals surface area contributed by atoms with Gasteiger partial charge in [0, 0.05) is 24.7 Å². The van der Waals surface area contributed by atoms with Crippen LogP contribution in [0.15, 0.2) is 47.5 Å². The van der Waals surface area contributed by atoms with Crippen molar-refractivity contribution in [2.75, 3.05) is 25.1 Å². The molecule has 6 heteroatoms. The van der Waals surface area contributed by atoms with Crippen LogP contribution in [0.3, 0.4) is 0 Å². The molecule has 0 aliphatic carbocycles. The van der Waals surface area contributed by atoms with Gasteiger partial charge in [-0.1, -0.05) is 29.8 Å². The highest BCUT2D eigenvalue weighted by Gasteiger charge is 2.10. The molecular formula is C19H24IN3O2. The van der Waals surface area contributed by atoms with Crippen molar-refractivity contribution >= 4 is 35.6 Å². The Morgan fingerprint density at radius 1 is 1.08 bits per heavy atom. The minimum Gasteiger partial charge on any atom is -0.490 e. The number of fused-ring (bicyclic) bond motifs is 1. The Hall–Kier alpha value is -1.96. The number of rotatable bonds is 4. The van der Waals surface area contributed by atoms with Gasteiger partial charge in [0.25, 0.3) is 0 Å². The van der Waals surface area contributed by atoms with Gasteiger partial charge in [-0.05, 0) is 31.0 Å².